The number of pyridine rings is 1. The van der Waals surface area contributed by atoms with Crippen molar-refractivity contribution in [2.45, 2.75) is 44.3 Å². The quantitative estimate of drug-likeness (QED) is 0.423. The molecule has 0 bridgehead atoms. The molecule has 0 aromatic carbocycles. The van der Waals surface area contributed by atoms with Gasteiger partial charge in [-0.25, -0.2) is 28.4 Å². The number of aromatic nitrogens is 5. The second-order valence-corrected chi connectivity index (χ2v) is 11.0. The number of sulfonamides is 1. The molecule has 4 heterocycles. The molecule has 1 aliphatic heterocycles. The van der Waals surface area contributed by atoms with Crippen molar-refractivity contribution < 1.29 is 22.7 Å². The van der Waals surface area contributed by atoms with Crippen molar-refractivity contribution in [1.82, 2.24) is 24.9 Å². The lowest BCUT2D eigenvalue weighted by molar-refractivity contribution is -0.125. The predicted octanol–water partition coefficient (Wildman–Crippen LogP) is 2.56. The summed E-state index contributed by atoms with van der Waals surface area (Å²) in [5.74, 6) is 0.371. The highest BCUT2D eigenvalue weighted by Crippen LogP contribution is 2.35. The van der Waals surface area contributed by atoms with Gasteiger partial charge in [-0.2, -0.15) is 0 Å². The average Bonchev–Trinajstić information content (AvgIpc) is 2.90. The van der Waals surface area contributed by atoms with Crippen LogP contribution in [0.15, 0.2) is 43.0 Å². The second-order valence-electron chi connectivity index (χ2n) is 8.72. The summed E-state index contributed by atoms with van der Waals surface area (Å²) in [6.45, 7) is 6.16. The SMILES string of the molecule is CCOc1cncc(-c2ccc(NC(=O)C3(c4ccnc(NS(=O)(=O)C(C)C)n4)CCOCC3)nc2)n1. The first kappa shape index (κ1) is 26.4. The van der Waals surface area contributed by atoms with Crippen LogP contribution in [-0.4, -0.2) is 64.3 Å². The molecule has 1 amide bonds. The molecule has 1 aliphatic rings. The first-order valence-corrected chi connectivity index (χ1v) is 13.4. The van der Waals surface area contributed by atoms with Gasteiger partial charge in [0.1, 0.15) is 5.82 Å². The largest absolute Gasteiger partial charge is 0.477 e. The fourth-order valence-electron chi connectivity index (χ4n) is 3.80. The minimum atomic E-state index is -3.65. The lowest BCUT2D eigenvalue weighted by Crippen LogP contribution is -2.45. The van der Waals surface area contributed by atoms with E-state index in [4.69, 9.17) is 9.47 Å². The molecule has 2 N–H and O–H groups in total. The maximum absolute atomic E-state index is 13.6. The maximum atomic E-state index is 13.6. The molecule has 3 aromatic rings. The molecule has 4 rings (SSSR count). The third kappa shape index (κ3) is 6.00. The third-order valence-corrected chi connectivity index (χ3v) is 7.69. The summed E-state index contributed by atoms with van der Waals surface area (Å²) in [5.41, 5.74) is 0.668. The van der Waals surface area contributed by atoms with Crippen LogP contribution in [0.4, 0.5) is 11.8 Å². The van der Waals surface area contributed by atoms with Crippen molar-refractivity contribution >= 4 is 27.7 Å². The monoisotopic (exact) mass is 527 g/mol. The Hall–Kier alpha value is -3.71. The number of hydrogen-bond acceptors (Lipinski definition) is 10. The van der Waals surface area contributed by atoms with Crippen molar-refractivity contribution in [1.29, 1.82) is 0 Å². The lowest BCUT2D eigenvalue weighted by Gasteiger charge is -2.35. The molecule has 0 spiro atoms. The molecule has 1 fully saturated rings. The smallest absolute Gasteiger partial charge is 0.237 e. The van der Waals surface area contributed by atoms with E-state index in [0.29, 0.717) is 61.3 Å². The summed E-state index contributed by atoms with van der Waals surface area (Å²) in [5, 5.41) is 2.22. The topological polar surface area (TPSA) is 158 Å². The fraction of sp³-hybridized carbons (Fsp3) is 0.417. The highest BCUT2D eigenvalue weighted by atomic mass is 32.2. The van der Waals surface area contributed by atoms with Gasteiger partial charge in [0.25, 0.3) is 0 Å². The number of rotatable bonds is 9. The van der Waals surface area contributed by atoms with Crippen molar-refractivity contribution in [3.63, 3.8) is 0 Å². The summed E-state index contributed by atoms with van der Waals surface area (Å²) in [7, 11) is -3.65. The van der Waals surface area contributed by atoms with Gasteiger partial charge in [-0.15, -0.1) is 0 Å². The molecule has 3 aromatic heterocycles. The van der Waals surface area contributed by atoms with Crippen molar-refractivity contribution in [3.8, 4) is 17.1 Å². The van der Waals surface area contributed by atoms with E-state index in [9.17, 15) is 13.2 Å². The number of hydrogen-bond donors (Lipinski definition) is 2. The number of nitrogens with one attached hydrogen (secondary N) is 2. The van der Waals surface area contributed by atoms with Gasteiger partial charge in [0.15, 0.2) is 0 Å². The number of ether oxygens (including phenoxy) is 2. The molecule has 37 heavy (non-hydrogen) atoms. The summed E-state index contributed by atoms with van der Waals surface area (Å²) >= 11 is 0. The Balaban J connectivity index is 1.57. The molecule has 12 nitrogen and oxygen atoms in total. The van der Waals surface area contributed by atoms with Crippen molar-refractivity contribution in [3.05, 3.63) is 48.7 Å². The number of amides is 1. The second kappa shape index (κ2) is 11.1. The Morgan fingerprint density at radius 2 is 1.89 bits per heavy atom. The number of anilines is 2. The Morgan fingerprint density at radius 1 is 1.11 bits per heavy atom. The minimum Gasteiger partial charge on any atom is -0.477 e. The molecular formula is C24H29N7O5S. The molecule has 13 heteroatoms. The van der Waals surface area contributed by atoms with E-state index in [0.717, 1.165) is 0 Å². The molecule has 0 radical (unpaired) electrons. The molecule has 0 unspecified atom stereocenters. The third-order valence-electron chi connectivity index (χ3n) is 5.99. The summed E-state index contributed by atoms with van der Waals surface area (Å²) in [6, 6.07) is 5.08. The molecule has 0 aliphatic carbocycles. The van der Waals surface area contributed by atoms with E-state index in [2.05, 4.69) is 35.0 Å². The Kier molecular flexibility index (Phi) is 7.93. The first-order valence-electron chi connectivity index (χ1n) is 11.9. The first-order chi connectivity index (χ1) is 17.7. The molecule has 0 saturated carbocycles. The maximum Gasteiger partial charge on any atom is 0.237 e. The average molecular weight is 528 g/mol. The molecule has 1 saturated heterocycles. The van der Waals surface area contributed by atoms with Gasteiger partial charge in [-0.3, -0.25) is 14.5 Å². The zero-order valence-corrected chi connectivity index (χ0v) is 21.7. The van der Waals surface area contributed by atoms with Crippen LogP contribution in [0.5, 0.6) is 5.88 Å². The predicted molar refractivity (Wildman–Crippen MR) is 137 cm³/mol. The number of nitrogens with zero attached hydrogens (tertiary/aromatic N) is 5. The van der Waals surface area contributed by atoms with Gasteiger partial charge >= 0.3 is 0 Å². The zero-order valence-electron chi connectivity index (χ0n) is 20.8. The van der Waals surface area contributed by atoms with Crippen LogP contribution in [0.2, 0.25) is 0 Å². The van der Waals surface area contributed by atoms with Crippen LogP contribution in [0.1, 0.15) is 39.3 Å². The van der Waals surface area contributed by atoms with Crippen LogP contribution < -0.4 is 14.8 Å². The Morgan fingerprint density at radius 3 is 2.57 bits per heavy atom. The van der Waals surface area contributed by atoms with Gasteiger partial charge in [0.05, 0.1) is 41.1 Å². The van der Waals surface area contributed by atoms with E-state index in [-0.39, 0.29) is 11.9 Å². The summed E-state index contributed by atoms with van der Waals surface area (Å²) < 4.78 is 37.9. The normalized spacial score (nSPS) is 15.2. The van der Waals surface area contributed by atoms with Crippen molar-refractivity contribution in [2.24, 2.45) is 0 Å². The number of carbonyl (C=O) groups is 1. The van der Waals surface area contributed by atoms with Gasteiger partial charge in [0, 0.05) is 31.2 Å². The standard InChI is InChI=1S/C24H29N7O5S/c1-4-36-21-15-25-14-18(28-21)17-5-6-20(27-13-17)30-22(32)24(8-11-35-12-9-24)19-7-10-26-23(29-19)31-37(33,34)16(2)3/h5-7,10,13-16H,4,8-9,11-12H2,1-3H3,(H,26,29,31)(H,27,30,32). The van der Waals surface area contributed by atoms with Crippen LogP contribution >= 0.6 is 0 Å². The minimum absolute atomic E-state index is 0.0808. The van der Waals surface area contributed by atoms with Gasteiger partial charge in [-0.05, 0) is 51.8 Å². The Labute approximate surface area is 215 Å². The van der Waals surface area contributed by atoms with Gasteiger partial charge in [0.2, 0.25) is 27.8 Å². The summed E-state index contributed by atoms with van der Waals surface area (Å²) in [4.78, 5) is 35.0. The summed E-state index contributed by atoms with van der Waals surface area (Å²) in [6.07, 6.45) is 6.91. The zero-order chi connectivity index (χ0) is 26.5. The van der Waals surface area contributed by atoms with E-state index < -0.39 is 20.7 Å². The van der Waals surface area contributed by atoms with E-state index in [1.807, 2.05) is 6.92 Å². The van der Waals surface area contributed by atoms with Crippen LogP contribution in [0.25, 0.3) is 11.3 Å². The molecule has 196 valence electrons. The van der Waals surface area contributed by atoms with Gasteiger partial charge in [-0.1, -0.05) is 0 Å². The van der Waals surface area contributed by atoms with Crippen molar-refractivity contribution in [2.75, 3.05) is 29.9 Å². The highest BCUT2D eigenvalue weighted by Gasteiger charge is 2.43. The van der Waals surface area contributed by atoms with E-state index >= 15 is 0 Å². The van der Waals surface area contributed by atoms with E-state index in [1.54, 1.807) is 44.4 Å². The van der Waals surface area contributed by atoms with Gasteiger partial charge < -0.3 is 14.8 Å². The highest BCUT2D eigenvalue weighted by molar-refractivity contribution is 7.93. The lowest BCUT2D eigenvalue weighted by atomic mass is 9.76. The Bertz CT molecular complexity index is 1340. The van der Waals surface area contributed by atoms with Crippen LogP contribution in [0, 0.1) is 0 Å². The molecular weight excluding hydrogens is 498 g/mol. The van der Waals surface area contributed by atoms with E-state index in [1.165, 1.54) is 12.4 Å². The van der Waals surface area contributed by atoms with Crippen LogP contribution in [-0.2, 0) is 25.0 Å². The van der Waals surface area contributed by atoms with Crippen LogP contribution in [0.3, 0.4) is 0 Å². The molecule has 0 atom stereocenters. The number of carbonyl (C=O) groups excluding carboxylic acids is 1. The fourth-order valence-corrected chi connectivity index (χ4v) is 4.39.